The largest absolute Gasteiger partial charge is 0.358 e. The molecule has 0 spiro atoms. The van der Waals surface area contributed by atoms with Crippen LogP contribution in [0.1, 0.15) is 16.8 Å². The predicted octanol–water partition coefficient (Wildman–Crippen LogP) is 2.13. The summed E-state index contributed by atoms with van der Waals surface area (Å²) in [5.41, 5.74) is 0.393. The number of benzene rings is 1. The van der Waals surface area contributed by atoms with Crippen LogP contribution in [0, 0.1) is 0 Å². The van der Waals surface area contributed by atoms with Gasteiger partial charge in [0.25, 0.3) is 0 Å². The zero-order valence-electron chi connectivity index (χ0n) is 8.57. The highest BCUT2D eigenvalue weighted by Crippen LogP contribution is 2.48. The quantitative estimate of drug-likeness (QED) is 0.832. The summed E-state index contributed by atoms with van der Waals surface area (Å²) >= 11 is 0. The average molecular weight is 243 g/mol. The van der Waals surface area contributed by atoms with E-state index in [1.165, 1.54) is 0 Å². The van der Waals surface area contributed by atoms with Crippen molar-refractivity contribution in [1.82, 2.24) is 4.47 Å². The minimum atomic E-state index is -2.90. The van der Waals surface area contributed by atoms with Crippen molar-refractivity contribution in [3.05, 3.63) is 35.9 Å². The molecule has 1 aromatic carbocycles. The fourth-order valence-electron chi connectivity index (χ4n) is 1.46. The molecule has 5 nitrogen and oxygen atoms in total. The number of hydrogen-bond acceptors (Lipinski definition) is 5. The lowest BCUT2D eigenvalue weighted by Gasteiger charge is -2.34. The number of carbonyl (C=O) groups excluding carboxylic acids is 1. The lowest BCUT2D eigenvalue weighted by Crippen LogP contribution is -2.26. The highest BCUT2D eigenvalue weighted by atomic mass is 32.3. The topological polar surface area (TPSA) is 70.0 Å². The molecule has 0 aliphatic carbocycles. The van der Waals surface area contributed by atoms with Gasteiger partial charge in [-0.05, 0) is 23.0 Å². The van der Waals surface area contributed by atoms with Gasteiger partial charge in [-0.1, -0.05) is 18.2 Å². The molecule has 0 saturated carbocycles. The second kappa shape index (κ2) is 4.42. The van der Waals surface area contributed by atoms with Gasteiger partial charge in [-0.3, -0.25) is 9.11 Å². The van der Waals surface area contributed by atoms with Crippen LogP contribution in [0.5, 0.6) is 0 Å². The van der Waals surface area contributed by atoms with E-state index in [2.05, 4.69) is 0 Å². The van der Waals surface area contributed by atoms with Gasteiger partial charge in [0.15, 0.2) is 0 Å². The van der Waals surface area contributed by atoms with Gasteiger partial charge in [-0.25, -0.2) is 4.79 Å². The van der Waals surface area contributed by atoms with Gasteiger partial charge in [0.05, 0.1) is 17.9 Å². The SMILES string of the molecule is O=C(ON1CCCS1(O)O)c1ccccc1. The smallest absolute Gasteiger partial charge is 0.344 e. The Morgan fingerprint density at radius 3 is 2.56 bits per heavy atom. The molecule has 0 atom stereocenters. The summed E-state index contributed by atoms with van der Waals surface area (Å²) in [5.74, 6) is -0.308. The van der Waals surface area contributed by atoms with Gasteiger partial charge < -0.3 is 4.84 Å². The van der Waals surface area contributed by atoms with Crippen molar-refractivity contribution in [1.29, 1.82) is 0 Å². The summed E-state index contributed by atoms with van der Waals surface area (Å²) in [6, 6.07) is 8.46. The Bertz CT molecular complexity index is 382. The minimum absolute atomic E-state index is 0.259. The van der Waals surface area contributed by atoms with Crippen LogP contribution in [0.4, 0.5) is 0 Å². The van der Waals surface area contributed by atoms with Gasteiger partial charge in [0.2, 0.25) is 0 Å². The van der Waals surface area contributed by atoms with Crippen LogP contribution in [-0.4, -0.2) is 31.8 Å². The normalized spacial score (nSPS) is 21.6. The van der Waals surface area contributed by atoms with Crippen molar-refractivity contribution < 1.29 is 18.7 Å². The Hall–Kier alpha value is -1.08. The second-order valence-corrected chi connectivity index (χ2v) is 5.57. The first-order valence-corrected chi connectivity index (χ1v) is 6.58. The molecule has 1 fully saturated rings. The summed E-state index contributed by atoms with van der Waals surface area (Å²) in [5, 5.41) is 0. The maximum Gasteiger partial charge on any atom is 0.358 e. The van der Waals surface area contributed by atoms with E-state index in [0.717, 1.165) is 4.47 Å². The third kappa shape index (κ3) is 2.35. The Morgan fingerprint density at radius 2 is 2.00 bits per heavy atom. The molecule has 88 valence electrons. The van der Waals surface area contributed by atoms with Crippen LogP contribution in [0.25, 0.3) is 0 Å². The van der Waals surface area contributed by atoms with Gasteiger partial charge in [-0.2, -0.15) is 0 Å². The van der Waals surface area contributed by atoms with Gasteiger partial charge >= 0.3 is 5.97 Å². The Labute approximate surface area is 95.1 Å². The van der Waals surface area contributed by atoms with E-state index in [0.29, 0.717) is 18.5 Å². The fraction of sp³-hybridized carbons (Fsp3) is 0.300. The van der Waals surface area contributed by atoms with Crippen LogP contribution in [0.3, 0.4) is 0 Å². The number of hydroxylamine groups is 1. The summed E-state index contributed by atoms with van der Waals surface area (Å²) in [6.07, 6.45) is 0.615. The molecule has 0 radical (unpaired) electrons. The van der Waals surface area contributed by atoms with Crippen LogP contribution < -0.4 is 0 Å². The Balaban J connectivity index is 2.03. The summed E-state index contributed by atoms with van der Waals surface area (Å²) < 4.78 is 20.1. The molecule has 1 saturated heterocycles. The third-order valence-electron chi connectivity index (χ3n) is 2.28. The van der Waals surface area contributed by atoms with Gasteiger partial charge in [-0.15, -0.1) is 10.8 Å². The maximum absolute atomic E-state index is 11.6. The van der Waals surface area contributed by atoms with Crippen LogP contribution in [-0.2, 0) is 4.84 Å². The van der Waals surface area contributed by atoms with Crippen molar-refractivity contribution in [3.8, 4) is 0 Å². The molecule has 0 unspecified atom stereocenters. The highest BCUT2D eigenvalue weighted by Gasteiger charge is 2.32. The molecule has 2 rings (SSSR count). The highest BCUT2D eigenvalue weighted by molar-refractivity contribution is 8.22. The molecule has 1 heterocycles. The van der Waals surface area contributed by atoms with E-state index in [1.54, 1.807) is 30.3 Å². The van der Waals surface area contributed by atoms with E-state index in [9.17, 15) is 13.9 Å². The van der Waals surface area contributed by atoms with Gasteiger partial charge in [0, 0.05) is 0 Å². The van der Waals surface area contributed by atoms with Crippen molar-refractivity contribution in [3.63, 3.8) is 0 Å². The Kier molecular flexibility index (Phi) is 3.15. The molecule has 0 aromatic heterocycles. The molecule has 0 amide bonds. The van der Waals surface area contributed by atoms with Crippen molar-refractivity contribution in [2.45, 2.75) is 6.42 Å². The summed E-state index contributed by atoms with van der Waals surface area (Å²) in [6.45, 7) is 0.362. The monoisotopic (exact) mass is 243 g/mol. The zero-order valence-corrected chi connectivity index (χ0v) is 9.39. The van der Waals surface area contributed by atoms with Crippen molar-refractivity contribution in [2.75, 3.05) is 12.3 Å². The fourth-order valence-corrected chi connectivity index (χ4v) is 2.79. The first-order valence-electron chi connectivity index (χ1n) is 4.90. The number of rotatable bonds is 2. The van der Waals surface area contributed by atoms with Crippen LogP contribution in [0.2, 0.25) is 0 Å². The standard InChI is InChI=1S/C10H13NO4S/c12-10(9-5-2-1-3-6-9)15-11-7-4-8-16(11,13)14/h1-3,5-6,13-14H,4,7-8H2. The molecule has 16 heavy (non-hydrogen) atoms. The molecule has 2 N–H and O–H groups in total. The van der Waals surface area contributed by atoms with Crippen LogP contribution >= 0.6 is 10.8 Å². The second-order valence-electron chi connectivity index (χ2n) is 3.49. The lowest BCUT2D eigenvalue weighted by atomic mass is 10.2. The summed E-state index contributed by atoms with van der Waals surface area (Å²) in [7, 11) is -2.90. The van der Waals surface area contributed by atoms with Crippen molar-refractivity contribution >= 4 is 16.7 Å². The van der Waals surface area contributed by atoms with E-state index in [-0.39, 0.29) is 5.75 Å². The lowest BCUT2D eigenvalue weighted by molar-refractivity contribution is -0.0447. The van der Waals surface area contributed by atoms with E-state index >= 15 is 0 Å². The number of nitrogens with zero attached hydrogens (tertiary/aromatic N) is 1. The van der Waals surface area contributed by atoms with E-state index < -0.39 is 16.7 Å². The number of hydrogen-bond donors (Lipinski definition) is 2. The minimum Gasteiger partial charge on any atom is -0.344 e. The summed E-state index contributed by atoms with van der Waals surface area (Å²) in [4.78, 5) is 16.6. The average Bonchev–Trinajstić information content (AvgIpc) is 2.59. The van der Waals surface area contributed by atoms with E-state index in [1.807, 2.05) is 0 Å². The molecule has 1 aliphatic heterocycles. The third-order valence-corrected chi connectivity index (χ3v) is 4.02. The molecule has 6 heteroatoms. The molecule has 1 aromatic rings. The van der Waals surface area contributed by atoms with Crippen LogP contribution in [0.15, 0.2) is 30.3 Å². The van der Waals surface area contributed by atoms with Gasteiger partial charge in [0.1, 0.15) is 0 Å². The molecular formula is C10H13NO4S. The zero-order chi connectivity index (χ0) is 11.6. The van der Waals surface area contributed by atoms with E-state index in [4.69, 9.17) is 4.84 Å². The predicted molar refractivity (Wildman–Crippen MR) is 60.9 cm³/mol. The van der Waals surface area contributed by atoms with Crippen molar-refractivity contribution in [2.24, 2.45) is 0 Å². The molecule has 1 aliphatic rings. The first-order chi connectivity index (χ1) is 7.59. The number of carbonyl (C=O) groups is 1. The molecular weight excluding hydrogens is 230 g/mol. The maximum atomic E-state index is 11.6. The molecule has 0 bridgehead atoms. The Morgan fingerprint density at radius 1 is 1.31 bits per heavy atom. The first kappa shape index (κ1) is 11.4.